The van der Waals surface area contributed by atoms with Gasteiger partial charge in [-0.1, -0.05) is 13.8 Å². The minimum atomic E-state index is -1.57. The van der Waals surface area contributed by atoms with Gasteiger partial charge in [-0.05, 0) is 12.3 Å². The van der Waals surface area contributed by atoms with Gasteiger partial charge in [0.1, 0.15) is 12.1 Å². The highest BCUT2D eigenvalue weighted by Gasteiger charge is 2.27. The molecule has 3 unspecified atom stereocenters. The molecule has 0 heterocycles. The second kappa shape index (κ2) is 12.3. The number of carboxylic acid groups (broad SMARTS) is 2. The molecule has 9 N–H and O–H groups in total. The third kappa shape index (κ3) is 10.6. The molecule has 4 amide bonds. The lowest BCUT2D eigenvalue weighted by Crippen LogP contribution is -2.54. The summed E-state index contributed by atoms with van der Waals surface area (Å²) < 4.78 is 0. The van der Waals surface area contributed by atoms with Crippen LogP contribution in [-0.4, -0.2) is 70.5 Å². The molecule has 29 heavy (non-hydrogen) atoms. The number of hydrogen-bond acceptors (Lipinski definition) is 7. The molecule has 13 nitrogen and oxygen atoms in total. The number of hydrogen-bond donors (Lipinski definition) is 7. The first-order valence-corrected chi connectivity index (χ1v) is 8.71. The molecule has 0 aromatic rings. The lowest BCUT2D eigenvalue weighted by atomic mass is 10.0. The molecular weight excluding hydrogens is 390 g/mol. The van der Waals surface area contributed by atoms with Gasteiger partial charge in [0.25, 0.3) is 0 Å². The van der Waals surface area contributed by atoms with Crippen molar-refractivity contribution in [1.82, 2.24) is 16.0 Å². The van der Waals surface area contributed by atoms with Crippen molar-refractivity contribution in [2.45, 2.75) is 51.2 Å². The second-order valence-corrected chi connectivity index (χ2v) is 6.61. The summed E-state index contributed by atoms with van der Waals surface area (Å²) in [6, 6.07) is -3.76. The zero-order valence-electron chi connectivity index (χ0n) is 16.1. The van der Waals surface area contributed by atoms with Gasteiger partial charge in [0.15, 0.2) is 0 Å². The summed E-state index contributed by atoms with van der Waals surface area (Å²) in [5, 5.41) is 24.2. The van der Waals surface area contributed by atoms with E-state index in [1.54, 1.807) is 13.8 Å². The number of carbonyl (C=O) groups is 6. The van der Waals surface area contributed by atoms with E-state index in [9.17, 15) is 28.8 Å². The van der Waals surface area contributed by atoms with Gasteiger partial charge in [-0.15, -0.1) is 0 Å². The zero-order chi connectivity index (χ0) is 22.7. The zero-order valence-corrected chi connectivity index (χ0v) is 16.1. The molecule has 0 aromatic heterocycles. The minimum absolute atomic E-state index is 0.234. The molecule has 0 aliphatic heterocycles. The van der Waals surface area contributed by atoms with Crippen LogP contribution in [0, 0.1) is 5.92 Å². The number of carbonyl (C=O) groups excluding carboxylic acids is 4. The van der Waals surface area contributed by atoms with Crippen LogP contribution in [0.5, 0.6) is 0 Å². The molecule has 0 radical (unpaired) electrons. The Hall–Kier alpha value is -3.22. The van der Waals surface area contributed by atoms with Gasteiger partial charge >= 0.3 is 11.9 Å². The van der Waals surface area contributed by atoms with Crippen molar-refractivity contribution in [2.75, 3.05) is 6.54 Å². The normalized spacial score (nSPS) is 13.7. The van der Waals surface area contributed by atoms with Crippen molar-refractivity contribution in [3.8, 4) is 0 Å². The molecular formula is C16H27N5O8. The first kappa shape index (κ1) is 25.8. The summed E-state index contributed by atoms with van der Waals surface area (Å²) in [5.74, 6) is -6.30. The number of rotatable bonds is 13. The van der Waals surface area contributed by atoms with Crippen LogP contribution in [0.3, 0.4) is 0 Å². The topological polar surface area (TPSA) is 231 Å². The van der Waals surface area contributed by atoms with Crippen molar-refractivity contribution in [3.63, 3.8) is 0 Å². The summed E-state index contributed by atoms with van der Waals surface area (Å²) in [4.78, 5) is 68.7. The highest BCUT2D eigenvalue weighted by Crippen LogP contribution is 2.03. The van der Waals surface area contributed by atoms with E-state index >= 15 is 0 Å². The van der Waals surface area contributed by atoms with E-state index in [4.69, 9.17) is 21.7 Å². The third-order valence-electron chi connectivity index (χ3n) is 3.76. The number of primary amides is 1. The second-order valence-electron chi connectivity index (χ2n) is 6.61. The molecule has 0 bridgehead atoms. The number of amides is 4. The standard InChI is InChI=1S/C16H27N5O8/c1-7(2)13(18)15(27)21-8(3-4-12(24)25)14(26)19-6-11(23)20-9(16(28)29)5-10(17)22/h7-9,13H,3-6,18H2,1-2H3,(H2,17,22)(H,19,26)(H,20,23)(H,21,27)(H,24,25)(H,28,29). The molecule has 0 spiro atoms. The van der Waals surface area contributed by atoms with Crippen LogP contribution in [0.4, 0.5) is 0 Å². The molecule has 0 saturated heterocycles. The first-order chi connectivity index (χ1) is 13.3. The van der Waals surface area contributed by atoms with Gasteiger partial charge in [0.2, 0.25) is 23.6 Å². The smallest absolute Gasteiger partial charge is 0.326 e. The molecule has 0 aliphatic carbocycles. The first-order valence-electron chi connectivity index (χ1n) is 8.71. The van der Waals surface area contributed by atoms with E-state index < -0.39 is 73.1 Å². The molecule has 0 saturated carbocycles. The van der Waals surface area contributed by atoms with Crippen LogP contribution in [0.2, 0.25) is 0 Å². The molecule has 164 valence electrons. The Morgan fingerprint density at radius 1 is 0.931 bits per heavy atom. The molecule has 0 aliphatic rings. The Morgan fingerprint density at radius 2 is 1.52 bits per heavy atom. The van der Waals surface area contributed by atoms with Crippen LogP contribution in [0.25, 0.3) is 0 Å². The fourth-order valence-electron chi connectivity index (χ4n) is 2.04. The Labute approximate surface area is 166 Å². The van der Waals surface area contributed by atoms with E-state index in [1.807, 2.05) is 5.32 Å². The summed E-state index contributed by atoms with van der Waals surface area (Å²) in [6.45, 7) is 2.70. The van der Waals surface area contributed by atoms with Gasteiger partial charge < -0.3 is 37.6 Å². The number of aliphatic carboxylic acids is 2. The number of nitrogens with one attached hydrogen (secondary N) is 3. The van der Waals surface area contributed by atoms with Gasteiger partial charge in [-0.3, -0.25) is 24.0 Å². The molecule has 0 aromatic carbocycles. The summed E-state index contributed by atoms with van der Waals surface area (Å²) in [6.07, 6.45) is -1.32. The lowest BCUT2D eigenvalue weighted by molar-refractivity contribution is -0.143. The summed E-state index contributed by atoms with van der Waals surface area (Å²) in [7, 11) is 0. The Kier molecular flexibility index (Phi) is 10.9. The van der Waals surface area contributed by atoms with E-state index in [-0.39, 0.29) is 12.3 Å². The van der Waals surface area contributed by atoms with E-state index in [0.717, 1.165) is 0 Å². The predicted octanol–water partition coefficient (Wildman–Crippen LogP) is -3.12. The predicted molar refractivity (Wildman–Crippen MR) is 98.0 cm³/mol. The largest absolute Gasteiger partial charge is 0.481 e. The van der Waals surface area contributed by atoms with Gasteiger partial charge in [-0.25, -0.2) is 4.79 Å². The monoisotopic (exact) mass is 417 g/mol. The maximum Gasteiger partial charge on any atom is 0.326 e. The minimum Gasteiger partial charge on any atom is -0.481 e. The fourth-order valence-corrected chi connectivity index (χ4v) is 2.04. The lowest BCUT2D eigenvalue weighted by Gasteiger charge is -2.22. The van der Waals surface area contributed by atoms with Crippen LogP contribution in [0.15, 0.2) is 0 Å². The average molecular weight is 417 g/mol. The van der Waals surface area contributed by atoms with Crippen LogP contribution < -0.4 is 27.4 Å². The SMILES string of the molecule is CC(C)C(N)C(=O)NC(CCC(=O)O)C(=O)NCC(=O)NC(CC(N)=O)C(=O)O. The van der Waals surface area contributed by atoms with E-state index in [1.165, 1.54) is 0 Å². The van der Waals surface area contributed by atoms with Crippen LogP contribution in [0.1, 0.15) is 33.1 Å². The van der Waals surface area contributed by atoms with Crippen LogP contribution >= 0.6 is 0 Å². The maximum absolute atomic E-state index is 12.3. The molecule has 3 atom stereocenters. The van der Waals surface area contributed by atoms with Crippen molar-refractivity contribution >= 4 is 35.6 Å². The van der Waals surface area contributed by atoms with Crippen molar-refractivity contribution < 1.29 is 39.0 Å². The fraction of sp³-hybridized carbons (Fsp3) is 0.625. The van der Waals surface area contributed by atoms with Gasteiger partial charge in [-0.2, -0.15) is 0 Å². The quantitative estimate of drug-likeness (QED) is 0.160. The van der Waals surface area contributed by atoms with Gasteiger partial charge in [0, 0.05) is 6.42 Å². The van der Waals surface area contributed by atoms with Gasteiger partial charge in [0.05, 0.1) is 19.0 Å². The molecule has 0 fully saturated rings. The Balaban J connectivity index is 4.91. The molecule has 13 heteroatoms. The third-order valence-corrected chi connectivity index (χ3v) is 3.76. The highest BCUT2D eigenvalue weighted by atomic mass is 16.4. The molecule has 0 rings (SSSR count). The van der Waals surface area contributed by atoms with E-state index in [2.05, 4.69) is 10.6 Å². The van der Waals surface area contributed by atoms with Crippen molar-refractivity contribution in [2.24, 2.45) is 17.4 Å². The van der Waals surface area contributed by atoms with Crippen LogP contribution in [-0.2, 0) is 28.8 Å². The van der Waals surface area contributed by atoms with E-state index in [0.29, 0.717) is 0 Å². The number of carboxylic acids is 2. The average Bonchev–Trinajstić information content (AvgIpc) is 2.60. The Bertz CT molecular complexity index is 651. The summed E-state index contributed by atoms with van der Waals surface area (Å²) in [5.41, 5.74) is 10.6. The maximum atomic E-state index is 12.3. The summed E-state index contributed by atoms with van der Waals surface area (Å²) >= 11 is 0. The number of nitrogens with two attached hydrogens (primary N) is 2. The van der Waals surface area contributed by atoms with Crippen molar-refractivity contribution in [1.29, 1.82) is 0 Å². The Morgan fingerprint density at radius 3 is 1.97 bits per heavy atom. The van der Waals surface area contributed by atoms with Crippen molar-refractivity contribution in [3.05, 3.63) is 0 Å². The highest BCUT2D eigenvalue weighted by molar-refractivity contribution is 5.93.